The average molecular weight is 323 g/mol. The summed E-state index contributed by atoms with van der Waals surface area (Å²) in [5.41, 5.74) is 2.18. The van der Waals surface area contributed by atoms with Crippen molar-refractivity contribution in [3.05, 3.63) is 71.5 Å². The molecule has 1 heterocycles. The summed E-state index contributed by atoms with van der Waals surface area (Å²) in [7, 11) is 0. The summed E-state index contributed by atoms with van der Waals surface area (Å²) < 4.78 is 13.1. The summed E-state index contributed by atoms with van der Waals surface area (Å²) in [6.45, 7) is 5.69. The van der Waals surface area contributed by atoms with Crippen LogP contribution < -0.4 is 0 Å². The number of hydrogen-bond donors (Lipinski definition) is 0. The minimum Gasteiger partial charge on any atom is -0.294 e. The van der Waals surface area contributed by atoms with Crippen molar-refractivity contribution in [3.63, 3.8) is 0 Å². The quantitative estimate of drug-likeness (QED) is 0.858. The van der Waals surface area contributed by atoms with Crippen LogP contribution in [0.1, 0.15) is 30.1 Å². The van der Waals surface area contributed by atoms with E-state index in [4.69, 9.17) is 0 Å². The zero-order valence-electron chi connectivity index (χ0n) is 13.9. The Balaban J connectivity index is 1.63. The highest BCUT2D eigenvalue weighted by Crippen LogP contribution is 2.26. The van der Waals surface area contributed by atoms with Gasteiger partial charge in [-0.25, -0.2) is 4.39 Å². The van der Waals surface area contributed by atoms with Crippen LogP contribution in [-0.4, -0.2) is 36.0 Å². The Morgan fingerprint density at radius 1 is 0.875 bits per heavy atom. The van der Waals surface area contributed by atoms with Crippen molar-refractivity contribution in [2.24, 2.45) is 0 Å². The largest absolute Gasteiger partial charge is 0.294 e. The second-order valence-corrected chi connectivity index (χ2v) is 6.24. The molecule has 1 fully saturated rings. The first-order valence-electron chi connectivity index (χ1n) is 8.37. The Labute approximate surface area is 142 Å². The molecule has 0 N–H and O–H groups in total. The van der Waals surface area contributed by atoms with Crippen LogP contribution in [0.4, 0.5) is 4.39 Å². The summed E-state index contributed by atoms with van der Waals surface area (Å²) in [5, 5.41) is 9.57. The molecule has 2 aromatic carbocycles. The Bertz CT molecular complexity index is 685. The van der Waals surface area contributed by atoms with E-state index in [1.165, 1.54) is 12.1 Å². The van der Waals surface area contributed by atoms with Crippen LogP contribution in [0.5, 0.6) is 0 Å². The first-order valence-corrected chi connectivity index (χ1v) is 8.37. The molecule has 3 rings (SSSR count). The first-order chi connectivity index (χ1) is 11.7. The Kier molecular flexibility index (Phi) is 5.24. The topological polar surface area (TPSA) is 30.3 Å². The van der Waals surface area contributed by atoms with Gasteiger partial charge in [0, 0.05) is 32.2 Å². The monoisotopic (exact) mass is 323 g/mol. The van der Waals surface area contributed by atoms with Crippen LogP contribution >= 0.6 is 0 Å². The molecule has 1 saturated heterocycles. The summed E-state index contributed by atoms with van der Waals surface area (Å²) in [4.78, 5) is 4.63. The Hall–Kier alpha value is -2.22. The van der Waals surface area contributed by atoms with E-state index in [1.807, 2.05) is 42.5 Å². The molecule has 0 radical (unpaired) electrons. The highest BCUT2D eigenvalue weighted by atomic mass is 19.1. The van der Waals surface area contributed by atoms with E-state index in [1.54, 1.807) is 0 Å². The van der Waals surface area contributed by atoms with Gasteiger partial charge < -0.3 is 0 Å². The zero-order chi connectivity index (χ0) is 16.9. The summed E-state index contributed by atoms with van der Waals surface area (Å²) in [6.07, 6.45) is 0. The van der Waals surface area contributed by atoms with Crippen LogP contribution in [-0.2, 0) is 0 Å². The normalized spacial score (nSPS) is 18.7. The molecule has 3 nitrogen and oxygen atoms in total. The highest BCUT2D eigenvalue weighted by molar-refractivity contribution is 5.24. The van der Waals surface area contributed by atoms with Crippen LogP contribution in [0.3, 0.4) is 0 Å². The molecular formula is C20H22FN3. The van der Waals surface area contributed by atoms with Gasteiger partial charge in [0.05, 0.1) is 6.07 Å². The highest BCUT2D eigenvalue weighted by Gasteiger charge is 2.27. The second-order valence-electron chi connectivity index (χ2n) is 6.24. The van der Waals surface area contributed by atoms with Gasteiger partial charge in [-0.1, -0.05) is 42.5 Å². The number of rotatable bonds is 4. The van der Waals surface area contributed by atoms with Crippen LogP contribution in [0.2, 0.25) is 0 Å². The van der Waals surface area contributed by atoms with E-state index in [0.717, 1.165) is 37.3 Å². The summed E-state index contributed by atoms with van der Waals surface area (Å²) in [6, 6.07) is 19.2. The average Bonchev–Trinajstić information content (AvgIpc) is 2.64. The third-order valence-electron chi connectivity index (χ3n) is 4.85. The van der Waals surface area contributed by atoms with Gasteiger partial charge in [-0.3, -0.25) is 9.80 Å². The second kappa shape index (κ2) is 7.57. The van der Waals surface area contributed by atoms with Gasteiger partial charge in [-0.15, -0.1) is 0 Å². The molecule has 0 aliphatic carbocycles. The lowest BCUT2D eigenvalue weighted by Crippen LogP contribution is -2.48. The van der Waals surface area contributed by atoms with Gasteiger partial charge in [0.1, 0.15) is 11.9 Å². The third kappa shape index (κ3) is 3.64. The summed E-state index contributed by atoms with van der Waals surface area (Å²) in [5.74, 6) is -0.199. The van der Waals surface area contributed by atoms with E-state index in [2.05, 4.69) is 22.8 Å². The number of halogens is 1. The van der Waals surface area contributed by atoms with Gasteiger partial charge in [0.15, 0.2) is 0 Å². The standard InChI is InChI=1S/C20H22FN3/c1-16(17-7-9-19(21)10-8-17)23-11-13-24(14-12-23)20(15-22)18-5-3-2-4-6-18/h2-10,16,20H,11-14H2,1H3. The van der Waals surface area contributed by atoms with Crippen LogP contribution in [0.15, 0.2) is 54.6 Å². The number of piperazine rings is 1. The Morgan fingerprint density at radius 2 is 1.46 bits per heavy atom. The minimum atomic E-state index is -0.199. The maximum atomic E-state index is 13.1. The van der Waals surface area contributed by atoms with Crippen molar-refractivity contribution in [2.75, 3.05) is 26.2 Å². The predicted molar refractivity (Wildman–Crippen MR) is 92.8 cm³/mol. The molecular weight excluding hydrogens is 301 g/mol. The van der Waals surface area contributed by atoms with E-state index >= 15 is 0 Å². The fourth-order valence-electron chi connectivity index (χ4n) is 3.34. The van der Waals surface area contributed by atoms with Gasteiger partial charge in [0.2, 0.25) is 0 Å². The maximum absolute atomic E-state index is 13.1. The SMILES string of the molecule is CC(c1ccc(F)cc1)N1CCN(C(C#N)c2ccccc2)CC1. The molecule has 0 spiro atoms. The molecule has 2 atom stereocenters. The molecule has 0 aromatic heterocycles. The molecule has 124 valence electrons. The minimum absolute atomic E-state index is 0.186. The van der Waals surface area contributed by atoms with Crippen molar-refractivity contribution < 1.29 is 4.39 Å². The van der Waals surface area contributed by atoms with E-state index < -0.39 is 0 Å². The van der Waals surface area contributed by atoms with Crippen molar-refractivity contribution in [3.8, 4) is 6.07 Å². The molecule has 2 unspecified atom stereocenters. The Morgan fingerprint density at radius 3 is 2.04 bits per heavy atom. The maximum Gasteiger partial charge on any atom is 0.123 e. The van der Waals surface area contributed by atoms with Crippen molar-refractivity contribution in [1.82, 2.24) is 9.80 Å². The number of hydrogen-bond acceptors (Lipinski definition) is 3. The van der Waals surface area contributed by atoms with Gasteiger partial charge >= 0.3 is 0 Å². The molecule has 0 saturated carbocycles. The fourth-order valence-corrected chi connectivity index (χ4v) is 3.34. The lowest BCUT2D eigenvalue weighted by Gasteiger charge is -2.40. The van der Waals surface area contributed by atoms with E-state index in [0.29, 0.717) is 0 Å². The molecule has 0 amide bonds. The van der Waals surface area contributed by atoms with Gasteiger partial charge in [-0.2, -0.15) is 5.26 Å². The van der Waals surface area contributed by atoms with Crippen LogP contribution in [0.25, 0.3) is 0 Å². The molecule has 2 aromatic rings. The number of nitrogens with zero attached hydrogens (tertiary/aromatic N) is 3. The number of benzene rings is 2. The molecule has 4 heteroatoms. The molecule has 1 aliphatic heterocycles. The molecule has 0 bridgehead atoms. The third-order valence-corrected chi connectivity index (χ3v) is 4.85. The lowest BCUT2D eigenvalue weighted by atomic mass is 10.0. The van der Waals surface area contributed by atoms with Crippen LogP contribution in [0, 0.1) is 17.1 Å². The van der Waals surface area contributed by atoms with Gasteiger partial charge in [0.25, 0.3) is 0 Å². The fraction of sp³-hybridized carbons (Fsp3) is 0.350. The van der Waals surface area contributed by atoms with Crippen molar-refractivity contribution >= 4 is 0 Å². The van der Waals surface area contributed by atoms with Crippen molar-refractivity contribution in [1.29, 1.82) is 5.26 Å². The van der Waals surface area contributed by atoms with E-state index in [-0.39, 0.29) is 17.9 Å². The van der Waals surface area contributed by atoms with Crippen molar-refractivity contribution in [2.45, 2.75) is 19.0 Å². The predicted octanol–water partition coefficient (Wildman–Crippen LogP) is 3.77. The smallest absolute Gasteiger partial charge is 0.123 e. The van der Waals surface area contributed by atoms with Gasteiger partial charge in [-0.05, 0) is 30.2 Å². The molecule has 1 aliphatic rings. The first kappa shape index (κ1) is 16.6. The lowest BCUT2D eigenvalue weighted by molar-refractivity contribution is 0.0876. The van der Waals surface area contributed by atoms with E-state index in [9.17, 15) is 9.65 Å². The molecule has 24 heavy (non-hydrogen) atoms. The number of nitriles is 1. The zero-order valence-corrected chi connectivity index (χ0v) is 13.9. The summed E-state index contributed by atoms with van der Waals surface area (Å²) >= 11 is 0.